The van der Waals surface area contributed by atoms with Crippen LogP contribution in [0.15, 0.2) is 23.1 Å². The van der Waals surface area contributed by atoms with Crippen molar-refractivity contribution in [2.75, 3.05) is 18.9 Å². The zero-order chi connectivity index (χ0) is 15.5. The number of amides is 1. The minimum absolute atomic E-state index is 0. The largest absolute Gasteiger partial charge is 0.326 e. The number of carbonyl (C=O) groups excluding carboxylic acids is 1. The van der Waals surface area contributed by atoms with E-state index in [1.807, 2.05) is 6.92 Å². The summed E-state index contributed by atoms with van der Waals surface area (Å²) in [5.41, 5.74) is 1.57. The van der Waals surface area contributed by atoms with Gasteiger partial charge >= 0.3 is 0 Å². The fourth-order valence-corrected chi connectivity index (χ4v) is 3.32. The SMILES string of the molecule is CNC(C)CNS(=O)(=O)c1ccc2c(c1)CCCC(=O)N2.Cl. The van der Waals surface area contributed by atoms with Gasteiger partial charge in [-0.25, -0.2) is 13.1 Å². The lowest BCUT2D eigenvalue weighted by molar-refractivity contribution is -0.116. The summed E-state index contributed by atoms with van der Waals surface area (Å²) in [5, 5.41) is 5.77. The maximum atomic E-state index is 12.3. The fourth-order valence-electron chi connectivity index (χ4n) is 2.14. The van der Waals surface area contributed by atoms with Crippen molar-refractivity contribution in [3.8, 4) is 0 Å². The number of aryl methyl sites for hydroxylation is 1. The first kappa shape index (κ1) is 18.9. The van der Waals surface area contributed by atoms with Gasteiger partial charge in [0.25, 0.3) is 0 Å². The fraction of sp³-hybridized carbons (Fsp3) is 0.500. The monoisotopic (exact) mass is 347 g/mol. The molecule has 0 spiro atoms. The first-order valence-electron chi connectivity index (χ1n) is 7.02. The highest BCUT2D eigenvalue weighted by atomic mass is 35.5. The number of hydrogen-bond donors (Lipinski definition) is 3. The van der Waals surface area contributed by atoms with E-state index >= 15 is 0 Å². The molecular formula is C14H22ClN3O3S. The van der Waals surface area contributed by atoms with Crippen LogP contribution in [-0.2, 0) is 21.2 Å². The number of halogens is 1. The first-order valence-corrected chi connectivity index (χ1v) is 8.50. The molecule has 1 atom stereocenters. The number of sulfonamides is 1. The van der Waals surface area contributed by atoms with Crippen LogP contribution in [-0.4, -0.2) is 34.0 Å². The van der Waals surface area contributed by atoms with Gasteiger partial charge < -0.3 is 10.6 Å². The predicted octanol–water partition coefficient (Wildman–Crippen LogP) is 1.27. The van der Waals surface area contributed by atoms with Gasteiger partial charge in [-0.05, 0) is 50.6 Å². The minimum atomic E-state index is -3.53. The molecule has 1 amide bonds. The van der Waals surface area contributed by atoms with Crippen molar-refractivity contribution in [2.45, 2.75) is 37.1 Å². The summed E-state index contributed by atoms with van der Waals surface area (Å²) in [5.74, 6) is -0.0228. The normalized spacial score (nSPS) is 16.0. The number of likely N-dealkylation sites (N-methyl/N-ethyl adjacent to an activating group) is 1. The number of hydrogen-bond acceptors (Lipinski definition) is 4. The van der Waals surface area contributed by atoms with Crippen molar-refractivity contribution in [3.05, 3.63) is 23.8 Å². The van der Waals surface area contributed by atoms with Crippen molar-refractivity contribution in [3.63, 3.8) is 0 Å². The summed E-state index contributed by atoms with van der Waals surface area (Å²) in [6.07, 6.45) is 1.89. The molecule has 0 bridgehead atoms. The maximum absolute atomic E-state index is 12.3. The summed E-state index contributed by atoms with van der Waals surface area (Å²) in [6.45, 7) is 2.22. The predicted molar refractivity (Wildman–Crippen MR) is 89.0 cm³/mol. The lowest BCUT2D eigenvalue weighted by Gasteiger charge is -2.13. The maximum Gasteiger partial charge on any atom is 0.240 e. The van der Waals surface area contributed by atoms with Gasteiger partial charge in [-0.2, -0.15) is 0 Å². The number of anilines is 1. The van der Waals surface area contributed by atoms with E-state index in [9.17, 15) is 13.2 Å². The molecule has 3 N–H and O–H groups in total. The lowest BCUT2D eigenvalue weighted by atomic mass is 10.1. The molecule has 0 aromatic heterocycles. The molecular weight excluding hydrogens is 326 g/mol. The number of carbonyl (C=O) groups is 1. The first-order chi connectivity index (χ1) is 9.92. The Hall–Kier alpha value is -1.15. The number of rotatable bonds is 5. The van der Waals surface area contributed by atoms with Gasteiger partial charge in [0.15, 0.2) is 0 Å². The molecule has 1 unspecified atom stereocenters. The average molecular weight is 348 g/mol. The van der Waals surface area contributed by atoms with E-state index < -0.39 is 10.0 Å². The molecule has 1 aliphatic heterocycles. The number of nitrogens with one attached hydrogen (secondary N) is 3. The Morgan fingerprint density at radius 1 is 1.32 bits per heavy atom. The van der Waals surface area contributed by atoms with Crippen molar-refractivity contribution in [2.24, 2.45) is 0 Å². The third kappa shape index (κ3) is 4.67. The molecule has 6 nitrogen and oxygen atoms in total. The van der Waals surface area contributed by atoms with Crippen LogP contribution in [0.2, 0.25) is 0 Å². The molecule has 0 aliphatic carbocycles. The molecule has 22 heavy (non-hydrogen) atoms. The van der Waals surface area contributed by atoms with Gasteiger partial charge in [0.1, 0.15) is 0 Å². The Kier molecular flexibility index (Phi) is 6.80. The molecule has 0 saturated carbocycles. The molecule has 124 valence electrons. The quantitative estimate of drug-likeness (QED) is 0.748. The van der Waals surface area contributed by atoms with E-state index in [0.29, 0.717) is 25.1 Å². The molecule has 1 aliphatic rings. The number of benzene rings is 1. The van der Waals surface area contributed by atoms with Crippen LogP contribution in [0, 0.1) is 0 Å². The van der Waals surface area contributed by atoms with E-state index in [1.54, 1.807) is 19.2 Å². The van der Waals surface area contributed by atoms with Gasteiger partial charge in [0, 0.05) is 24.7 Å². The molecule has 0 saturated heterocycles. The van der Waals surface area contributed by atoms with E-state index in [4.69, 9.17) is 0 Å². The van der Waals surface area contributed by atoms with Crippen LogP contribution in [0.25, 0.3) is 0 Å². The second kappa shape index (κ2) is 7.92. The highest BCUT2D eigenvalue weighted by Crippen LogP contribution is 2.25. The third-order valence-corrected chi connectivity index (χ3v) is 5.00. The Morgan fingerprint density at radius 2 is 2.05 bits per heavy atom. The van der Waals surface area contributed by atoms with E-state index in [1.165, 1.54) is 6.07 Å². The summed E-state index contributed by atoms with van der Waals surface area (Å²) >= 11 is 0. The third-order valence-electron chi connectivity index (χ3n) is 3.58. The molecule has 2 rings (SSSR count). The molecule has 1 aromatic rings. The minimum Gasteiger partial charge on any atom is -0.326 e. The Labute approximate surface area is 137 Å². The van der Waals surface area contributed by atoms with Crippen LogP contribution >= 0.6 is 12.4 Å². The summed E-state index contributed by atoms with van der Waals surface area (Å²) in [6, 6.07) is 4.89. The van der Waals surface area contributed by atoms with Crippen LogP contribution in [0.1, 0.15) is 25.3 Å². The van der Waals surface area contributed by atoms with Crippen LogP contribution in [0.3, 0.4) is 0 Å². The molecule has 0 radical (unpaired) electrons. The van der Waals surface area contributed by atoms with E-state index in [-0.39, 0.29) is 29.3 Å². The van der Waals surface area contributed by atoms with Crippen LogP contribution < -0.4 is 15.4 Å². The van der Waals surface area contributed by atoms with Gasteiger partial charge in [0.05, 0.1) is 4.90 Å². The molecule has 1 aromatic carbocycles. The van der Waals surface area contributed by atoms with Gasteiger partial charge in [0.2, 0.25) is 15.9 Å². The second-order valence-electron chi connectivity index (χ2n) is 5.26. The zero-order valence-electron chi connectivity index (χ0n) is 12.7. The van der Waals surface area contributed by atoms with Crippen molar-refractivity contribution in [1.29, 1.82) is 0 Å². The Morgan fingerprint density at radius 3 is 2.73 bits per heavy atom. The molecule has 8 heteroatoms. The van der Waals surface area contributed by atoms with E-state index in [0.717, 1.165) is 12.0 Å². The van der Waals surface area contributed by atoms with Gasteiger partial charge in [-0.1, -0.05) is 0 Å². The van der Waals surface area contributed by atoms with Crippen molar-refractivity contribution >= 4 is 34.0 Å². The lowest BCUT2D eigenvalue weighted by Crippen LogP contribution is -2.37. The average Bonchev–Trinajstić information content (AvgIpc) is 2.64. The smallest absolute Gasteiger partial charge is 0.240 e. The van der Waals surface area contributed by atoms with Crippen molar-refractivity contribution < 1.29 is 13.2 Å². The second-order valence-corrected chi connectivity index (χ2v) is 7.03. The van der Waals surface area contributed by atoms with Crippen molar-refractivity contribution in [1.82, 2.24) is 10.0 Å². The standard InChI is InChI=1S/C14H21N3O3S.ClH/c1-10(15-2)9-16-21(19,20)12-6-7-13-11(8-12)4-3-5-14(18)17-13;/h6-8,10,15-16H,3-5,9H2,1-2H3,(H,17,18);1H. The summed E-state index contributed by atoms with van der Waals surface area (Å²) in [4.78, 5) is 11.7. The van der Waals surface area contributed by atoms with E-state index in [2.05, 4.69) is 15.4 Å². The summed E-state index contributed by atoms with van der Waals surface area (Å²) < 4.78 is 27.1. The van der Waals surface area contributed by atoms with Crippen LogP contribution in [0.4, 0.5) is 5.69 Å². The molecule has 0 fully saturated rings. The zero-order valence-corrected chi connectivity index (χ0v) is 14.3. The van der Waals surface area contributed by atoms with Gasteiger partial charge in [-0.15, -0.1) is 12.4 Å². The molecule has 1 heterocycles. The number of fused-ring (bicyclic) bond motifs is 1. The summed E-state index contributed by atoms with van der Waals surface area (Å²) in [7, 11) is -1.75. The van der Waals surface area contributed by atoms with Gasteiger partial charge in [-0.3, -0.25) is 4.79 Å². The van der Waals surface area contributed by atoms with Crippen LogP contribution in [0.5, 0.6) is 0 Å². The highest BCUT2D eigenvalue weighted by Gasteiger charge is 2.19. The topological polar surface area (TPSA) is 87.3 Å². The Balaban J connectivity index is 0.00000242. The Bertz CT molecular complexity index is 634. The highest BCUT2D eigenvalue weighted by molar-refractivity contribution is 7.89.